The summed E-state index contributed by atoms with van der Waals surface area (Å²) >= 11 is 0. The zero-order valence-electron chi connectivity index (χ0n) is 7.60. The lowest BCUT2D eigenvalue weighted by Gasteiger charge is -2.00. The summed E-state index contributed by atoms with van der Waals surface area (Å²) in [7, 11) is 0. The van der Waals surface area contributed by atoms with Gasteiger partial charge in [-0.1, -0.05) is 26.2 Å². The van der Waals surface area contributed by atoms with E-state index in [9.17, 15) is 0 Å². The van der Waals surface area contributed by atoms with Crippen LogP contribution in [0, 0.1) is 0 Å². The molecule has 0 atom stereocenters. The van der Waals surface area contributed by atoms with Crippen LogP contribution in [0.2, 0.25) is 0 Å². The third-order valence-electron chi connectivity index (χ3n) is 2.37. The third-order valence-corrected chi connectivity index (χ3v) is 2.37. The fraction of sp³-hybridized carbons (Fsp3) is 0.900. The molecule has 0 bridgehead atoms. The molecular weight excluding hydrogens is 134 g/mol. The Kier molecular flexibility index (Phi) is 4.25. The Morgan fingerprint density at radius 2 is 1.82 bits per heavy atom. The molecule has 1 nitrogen and oxygen atoms in total. The number of hydrogen-bond acceptors (Lipinski definition) is 1. The number of rotatable bonds is 1. The maximum Gasteiger partial charge on any atom is 0.0388 e. The van der Waals surface area contributed by atoms with Crippen LogP contribution in [0.1, 0.15) is 51.9 Å². The van der Waals surface area contributed by atoms with Crippen molar-refractivity contribution in [1.82, 2.24) is 0 Å². The third kappa shape index (κ3) is 3.54. The Morgan fingerprint density at radius 3 is 2.64 bits per heavy atom. The first-order valence-electron chi connectivity index (χ1n) is 4.95. The maximum atomic E-state index is 4.58. The Morgan fingerprint density at radius 1 is 1.09 bits per heavy atom. The fourth-order valence-corrected chi connectivity index (χ4v) is 1.58. The van der Waals surface area contributed by atoms with Crippen molar-refractivity contribution in [2.75, 3.05) is 6.54 Å². The van der Waals surface area contributed by atoms with Crippen LogP contribution in [0.4, 0.5) is 0 Å². The van der Waals surface area contributed by atoms with Gasteiger partial charge in [0, 0.05) is 12.3 Å². The summed E-state index contributed by atoms with van der Waals surface area (Å²) in [4.78, 5) is 4.58. The predicted molar refractivity (Wildman–Crippen MR) is 50.3 cm³/mol. The van der Waals surface area contributed by atoms with Crippen LogP contribution in [0.15, 0.2) is 4.99 Å². The van der Waals surface area contributed by atoms with E-state index in [1.165, 1.54) is 50.7 Å². The first-order chi connectivity index (χ1) is 5.43. The normalized spacial score (nSPS) is 21.4. The molecule has 1 heteroatoms. The van der Waals surface area contributed by atoms with Gasteiger partial charge in [-0.25, -0.2) is 0 Å². The van der Waals surface area contributed by atoms with Gasteiger partial charge in [0.25, 0.3) is 0 Å². The zero-order valence-corrected chi connectivity index (χ0v) is 7.60. The van der Waals surface area contributed by atoms with Gasteiger partial charge in [-0.2, -0.15) is 0 Å². The van der Waals surface area contributed by atoms with E-state index in [2.05, 4.69) is 11.9 Å². The minimum atomic E-state index is 1.09. The molecule has 0 amide bonds. The molecule has 0 N–H and O–H groups in total. The van der Waals surface area contributed by atoms with Crippen LogP contribution in [0.25, 0.3) is 0 Å². The average Bonchev–Trinajstić information content (AvgIpc) is 2.16. The molecule has 0 saturated carbocycles. The van der Waals surface area contributed by atoms with E-state index in [-0.39, 0.29) is 0 Å². The molecule has 11 heavy (non-hydrogen) atoms. The van der Waals surface area contributed by atoms with Crippen LogP contribution in [0.5, 0.6) is 0 Å². The molecule has 0 unspecified atom stereocenters. The van der Waals surface area contributed by atoms with Crippen molar-refractivity contribution in [3.8, 4) is 0 Å². The van der Waals surface area contributed by atoms with E-state index in [0.717, 1.165) is 6.54 Å². The van der Waals surface area contributed by atoms with Crippen molar-refractivity contribution in [1.29, 1.82) is 0 Å². The topological polar surface area (TPSA) is 12.4 Å². The maximum absolute atomic E-state index is 4.58. The molecule has 64 valence electrons. The van der Waals surface area contributed by atoms with Gasteiger partial charge in [-0.15, -0.1) is 0 Å². The highest BCUT2D eigenvalue weighted by Crippen LogP contribution is 2.10. The van der Waals surface area contributed by atoms with Gasteiger partial charge in [-0.05, 0) is 25.7 Å². The summed E-state index contributed by atoms with van der Waals surface area (Å²) in [5.41, 5.74) is 1.45. The Labute approximate surface area is 69.9 Å². The summed E-state index contributed by atoms with van der Waals surface area (Å²) in [5.74, 6) is 0. The SMILES string of the molecule is CCC1=NCCCCCCC1. The summed E-state index contributed by atoms with van der Waals surface area (Å²) < 4.78 is 0. The van der Waals surface area contributed by atoms with Crippen molar-refractivity contribution >= 4 is 5.71 Å². The minimum absolute atomic E-state index is 1.09. The lowest BCUT2D eigenvalue weighted by atomic mass is 10.1. The van der Waals surface area contributed by atoms with Crippen molar-refractivity contribution in [3.63, 3.8) is 0 Å². The molecule has 1 rings (SSSR count). The van der Waals surface area contributed by atoms with Crippen LogP contribution in [-0.2, 0) is 0 Å². The van der Waals surface area contributed by atoms with E-state index >= 15 is 0 Å². The first-order valence-corrected chi connectivity index (χ1v) is 4.95. The van der Waals surface area contributed by atoms with Crippen molar-refractivity contribution in [2.45, 2.75) is 51.9 Å². The van der Waals surface area contributed by atoms with Crippen LogP contribution in [-0.4, -0.2) is 12.3 Å². The molecule has 1 aliphatic heterocycles. The smallest absolute Gasteiger partial charge is 0.0388 e. The second-order valence-electron chi connectivity index (χ2n) is 3.32. The molecule has 0 radical (unpaired) electrons. The highest BCUT2D eigenvalue weighted by Gasteiger charge is 1.99. The lowest BCUT2D eigenvalue weighted by molar-refractivity contribution is 0.639. The van der Waals surface area contributed by atoms with E-state index in [4.69, 9.17) is 0 Å². The fourth-order valence-electron chi connectivity index (χ4n) is 1.58. The summed E-state index contributed by atoms with van der Waals surface area (Å²) in [6.07, 6.45) is 9.33. The van der Waals surface area contributed by atoms with Gasteiger partial charge in [0.1, 0.15) is 0 Å². The number of hydrogen-bond donors (Lipinski definition) is 0. The van der Waals surface area contributed by atoms with Gasteiger partial charge in [0.2, 0.25) is 0 Å². The van der Waals surface area contributed by atoms with Gasteiger partial charge in [0.05, 0.1) is 0 Å². The van der Waals surface area contributed by atoms with Crippen LogP contribution in [0.3, 0.4) is 0 Å². The van der Waals surface area contributed by atoms with E-state index in [0.29, 0.717) is 0 Å². The summed E-state index contributed by atoms with van der Waals surface area (Å²) in [6, 6.07) is 0. The Bertz CT molecular complexity index is 127. The highest BCUT2D eigenvalue weighted by molar-refractivity contribution is 5.84. The van der Waals surface area contributed by atoms with E-state index in [1.807, 2.05) is 0 Å². The van der Waals surface area contributed by atoms with E-state index < -0.39 is 0 Å². The lowest BCUT2D eigenvalue weighted by Crippen LogP contribution is -1.96. The second kappa shape index (κ2) is 5.34. The predicted octanol–water partition coefficient (Wildman–Crippen LogP) is 3.19. The second-order valence-corrected chi connectivity index (χ2v) is 3.32. The van der Waals surface area contributed by atoms with Crippen LogP contribution < -0.4 is 0 Å². The molecule has 1 aliphatic rings. The monoisotopic (exact) mass is 153 g/mol. The van der Waals surface area contributed by atoms with Crippen molar-refractivity contribution in [3.05, 3.63) is 0 Å². The molecule has 0 aromatic rings. The molecular formula is C10H19N. The first kappa shape index (κ1) is 8.76. The minimum Gasteiger partial charge on any atom is -0.294 e. The molecule has 0 aliphatic carbocycles. The number of nitrogens with zero attached hydrogens (tertiary/aromatic N) is 1. The summed E-state index contributed by atoms with van der Waals surface area (Å²) in [6.45, 7) is 3.31. The highest BCUT2D eigenvalue weighted by atomic mass is 14.7. The zero-order chi connectivity index (χ0) is 7.94. The molecule has 0 aromatic heterocycles. The molecule has 0 saturated heterocycles. The van der Waals surface area contributed by atoms with Crippen LogP contribution >= 0.6 is 0 Å². The van der Waals surface area contributed by atoms with Gasteiger partial charge >= 0.3 is 0 Å². The molecule has 0 aromatic carbocycles. The average molecular weight is 153 g/mol. The van der Waals surface area contributed by atoms with Crippen molar-refractivity contribution in [2.24, 2.45) is 4.99 Å². The van der Waals surface area contributed by atoms with Gasteiger partial charge < -0.3 is 0 Å². The Balaban J connectivity index is 2.34. The van der Waals surface area contributed by atoms with Crippen molar-refractivity contribution < 1.29 is 0 Å². The largest absolute Gasteiger partial charge is 0.294 e. The van der Waals surface area contributed by atoms with Gasteiger partial charge in [-0.3, -0.25) is 4.99 Å². The summed E-state index contributed by atoms with van der Waals surface area (Å²) in [5, 5.41) is 0. The number of aliphatic imine (C=N–C) groups is 1. The van der Waals surface area contributed by atoms with Gasteiger partial charge in [0.15, 0.2) is 0 Å². The Hall–Kier alpha value is -0.330. The quantitative estimate of drug-likeness (QED) is 0.548. The molecule has 0 spiro atoms. The van der Waals surface area contributed by atoms with E-state index in [1.54, 1.807) is 0 Å². The standard InChI is InChI=1S/C10H19N/c1-2-10-8-6-4-3-5-7-9-11-10/h2-9H2,1H3. The molecule has 0 fully saturated rings. The molecule has 1 heterocycles.